The van der Waals surface area contributed by atoms with Gasteiger partial charge in [0.15, 0.2) is 0 Å². The van der Waals surface area contributed by atoms with Crippen molar-refractivity contribution in [3.63, 3.8) is 0 Å². The maximum absolute atomic E-state index is 9.34. The smallest absolute Gasteiger partial charge is 0.114 e. The summed E-state index contributed by atoms with van der Waals surface area (Å²) in [5.74, 6) is 0.963. The zero-order valence-electron chi connectivity index (χ0n) is 29.3. The molecule has 8 aromatic rings. The fraction of sp³-hybridized carbons (Fsp3) is 0.0513. The van der Waals surface area contributed by atoms with Gasteiger partial charge in [-0.2, -0.15) is 0 Å². The van der Waals surface area contributed by atoms with Crippen molar-refractivity contribution in [2.24, 2.45) is 0 Å². The van der Waals surface area contributed by atoms with Crippen LogP contribution < -0.4 is 0 Å². The minimum atomic E-state index is -0.482. The number of hydrogen-bond acceptors (Lipinski definition) is 1. The lowest BCUT2D eigenvalue weighted by Crippen LogP contribution is -2.00. The molecule has 8 rings (SSSR count). The average molecular weight is 532 g/mol. The second-order valence-corrected chi connectivity index (χ2v) is 10.1. The number of para-hydroxylation sites is 2. The molecule has 41 heavy (non-hydrogen) atoms. The Labute approximate surface area is 249 Å². The van der Waals surface area contributed by atoms with Crippen LogP contribution in [-0.4, -0.2) is 9.55 Å². The zero-order valence-corrected chi connectivity index (χ0v) is 22.3. The van der Waals surface area contributed by atoms with E-state index in [-0.39, 0.29) is 40.5 Å². The van der Waals surface area contributed by atoms with E-state index in [9.17, 15) is 1.37 Å². The van der Waals surface area contributed by atoms with Gasteiger partial charge in [0.2, 0.25) is 0 Å². The summed E-state index contributed by atoms with van der Waals surface area (Å²) >= 11 is 0. The largest absolute Gasteiger partial charge is 0.296 e. The summed E-state index contributed by atoms with van der Waals surface area (Å²) in [5, 5.41) is 3.19. The molecule has 0 spiro atoms. The quantitative estimate of drug-likeness (QED) is 0.207. The first-order valence-corrected chi connectivity index (χ1v) is 13.7. The molecule has 0 radical (unpaired) electrons. The van der Waals surface area contributed by atoms with Gasteiger partial charge in [-0.1, -0.05) is 116 Å². The van der Waals surface area contributed by atoms with E-state index in [2.05, 4.69) is 35.8 Å². The molecule has 194 valence electrons. The predicted molar refractivity (Wildman–Crippen MR) is 174 cm³/mol. The molecular formula is C39H28N2. The summed E-state index contributed by atoms with van der Waals surface area (Å²) in [6, 6.07) is 29.7. The van der Waals surface area contributed by atoms with Gasteiger partial charge in [-0.3, -0.25) is 4.57 Å². The molecule has 0 saturated heterocycles. The molecule has 0 amide bonds. The predicted octanol–water partition coefficient (Wildman–Crippen LogP) is 10.4. The van der Waals surface area contributed by atoms with Crippen LogP contribution in [-0.2, 0) is 6.42 Å². The second kappa shape index (κ2) is 9.46. The van der Waals surface area contributed by atoms with Gasteiger partial charge < -0.3 is 0 Å². The fourth-order valence-corrected chi connectivity index (χ4v) is 6.02. The lowest BCUT2D eigenvalue weighted by Gasteiger charge is -2.19. The van der Waals surface area contributed by atoms with Crippen molar-refractivity contribution in [3.05, 3.63) is 145 Å². The van der Waals surface area contributed by atoms with E-state index in [1.807, 2.05) is 72.8 Å². The van der Waals surface area contributed by atoms with Crippen molar-refractivity contribution < 1.29 is 9.60 Å². The Morgan fingerprint density at radius 1 is 0.634 bits per heavy atom. The summed E-state index contributed by atoms with van der Waals surface area (Å²) in [6.45, 7) is 2.10. The SMILES string of the molecule is [2H]c1c([2H])c([2H])c2c([2H])c(-c3c4ccccc4c(-c4cccc(-n5c(CC)nc6ccccc65)c4)c4ccccc34)c([2H])c([2H])c2c1[2H]. The van der Waals surface area contributed by atoms with Crippen LogP contribution in [0.15, 0.2) is 139 Å². The number of rotatable bonds is 4. The Morgan fingerprint density at radius 3 is 1.98 bits per heavy atom. The molecule has 7 aromatic carbocycles. The van der Waals surface area contributed by atoms with E-state index in [1.54, 1.807) is 0 Å². The van der Waals surface area contributed by atoms with Crippen molar-refractivity contribution in [1.29, 1.82) is 0 Å². The van der Waals surface area contributed by atoms with Gasteiger partial charge in [0.1, 0.15) is 5.82 Å². The van der Waals surface area contributed by atoms with Crippen LogP contribution >= 0.6 is 0 Å². The average Bonchev–Trinajstić information content (AvgIpc) is 3.50. The highest BCUT2D eigenvalue weighted by molar-refractivity contribution is 6.21. The third-order valence-electron chi connectivity index (χ3n) is 7.77. The monoisotopic (exact) mass is 531 g/mol. The first kappa shape index (κ1) is 17.5. The Balaban J connectivity index is 1.47. The summed E-state index contributed by atoms with van der Waals surface area (Å²) < 4.78 is 63.2. The van der Waals surface area contributed by atoms with Gasteiger partial charge in [0, 0.05) is 12.1 Å². The topological polar surface area (TPSA) is 17.8 Å². The molecule has 1 aromatic heterocycles. The van der Waals surface area contributed by atoms with Gasteiger partial charge in [-0.25, -0.2) is 4.98 Å². The lowest BCUT2D eigenvalue weighted by atomic mass is 9.85. The molecule has 0 aliphatic heterocycles. The van der Waals surface area contributed by atoms with Crippen molar-refractivity contribution >= 4 is 43.4 Å². The lowest BCUT2D eigenvalue weighted by molar-refractivity contribution is 0.908. The van der Waals surface area contributed by atoms with Crippen LogP contribution in [0, 0.1) is 0 Å². The van der Waals surface area contributed by atoms with Gasteiger partial charge in [-0.15, -0.1) is 0 Å². The molecule has 0 unspecified atom stereocenters. The van der Waals surface area contributed by atoms with Crippen LogP contribution in [0.5, 0.6) is 0 Å². The summed E-state index contributed by atoms with van der Waals surface area (Å²) in [4.78, 5) is 4.89. The van der Waals surface area contributed by atoms with Gasteiger partial charge in [0.05, 0.1) is 20.6 Å². The molecule has 1 heterocycles. The van der Waals surface area contributed by atoms with Crippen LogP contribution in [0.2, 0.25) is 0 Å². The standard InChI is InChI=1S/C39H28N2/c1-2-37-40-35-20-9-10-21-36(35)41(37)30-15-11-14-28(25-30)38-31-16-5-7-18-33(31)39(34-19-8-6-17-32(34)38)29-23-22-26-12-3-4-13-27(26)24-29/h3-25H,2H2,1H3/i3D,4D,12D,13D,22D,23D,24D. The Hall–Kier alpha value is -5.21. The molecule has 0 aliphatic rings. The first-order chi connectivity index (χ1) is 23.2. The maximum atomic E-state index is 9.34. The van der Waals surface area contributed by atoms with Crippen LogP contribution in [0.1, 0.15) is 22.3 Å². The normalized spacial score (nSPS) is 14.0. The number of aromatic nitrogens is 2. The Kier molecular flexibility index (Phi) is 4.03. The molecule has 2 nitrogen and oxygen atoms in total. The highest BCUT2D eigenvalue weighted by Crippen LogP contribution is 2.44. The van der Waals surface area contributed by atoms with Crippen molar-refractivity contribution in [1.82, 2.24) is 9.55 Å². The molecule has 0 bridgehead atoms. The minimum absolute atomic E-state index is 0.0544. The number of imidazole rings is 1. The molecular weight excluding hydrogens is 496 g/mol. The molecule has 0 N–H and O–H groups in total. The number of benzene rings is 7. The van der Waals surface area contributed by atoms with Crippen molar-refractivity contribution in [2.75, 3.05) is 0 Å². The van der Waals surface area contributed by atoms with Crippen molar-refractivity contribution in [3.8, 4) is 27.9 Å². The summed E-state index contributed by atoms with van der Waals surface area (Å²) in [5.41, 5.74) is 5.68. The third kappa shape index (κ3) is 3.76. The van der Waals surface area contributed by atoms with Crippen LogP contribution in [0.3, 0.4) is 0 Å². The molecule has 2 heteroatoms. The van der Waals surface area contributed by atoms with E-state index in [4.69, 9.17) is 13.2 Å². The van der Waals surface area contributed by atoms with E-state index < -0.39 is 18.1 Å². The number of nitrogens with zero attached hydrogens (tertiary/aromatic N) is 2. The van der Waals surface area contributed by atoms with Crippen LogP contribution in [0.25, 0.3) is 71.3 Å². The Morgan fingerprint density at radius 2 is 1.27 bits per heavy atom. The Bertz CT molecular complexity index is 2590. The number of aryl methyl sites for hydroxylation is 1. The van der Waals surface area contributed by atoms with Crippen molar-refractivity contribution in [2.45, 2.75) is 13.3 Å². The zero-order chi connectivity index (χ0) is 33.4. The summed E-state index contributed by atoms with van der Waals surface area (Å²) in [7, 11) is 0. The van der Waals surface area contributed by atoms with Crippen LogP contribution in [0.4, 0.5) is 0 Å². The molecule has 0 atom stereocenters. The number of fused-ring (bicyclic) bond motifs is 4. The van der Waals surface area contributed by atoms with E-state index in [1.165, 1.54) is 0 Å². The fourth-order valence-electron chi connectivity index (χ4n) is 6.02. The van der Waals surface area contributed by atoms with Gasteiger partial charge in [0.25, 0.3) is 0 Å². The summed E-state index contributed by atoms with van der Waals surface area (Å²) in [6.07, 6.45) is 0.765. The maximum Gasteiger partial charge on any atom is 0.114 e. The van der Waals surface area contributed by atoms with Gasteiger partial charge in [-0.05, 0) is 84.9 Å². The molecule has 0 aliphatic carbocycles. The molecule has 0 fully saturated rings. The highest BCUT2D eigenvalue weighted by atomic mass is 15.1. The van der Waals surface area contributed by atoms with E-state index in [0.29, 0.717) is 5.56 Å². The highest BCUT2D eigenvalue weighted by Gasteiger charge is 2.18. The first-order valence-electron chi connectivity index (χ1n) is 17.2. The van der Waals surface area contributed by atoms with Gasteiger partial charge >= 0.3 is 0 Å². The van der Waals surface area contributed by atoms with E-state index >= 15 is 0 Å². The second-order valence-electron chi connectivity index (χ2n) is 10.1. The third-order valence-corrected chi connectivity index (χ3v) is 7.77. The van der Waals surface area contributed by atoms with E-state index in [0.717, 1.165) is 61.6 Å². The minimum Gasteiger partial charge on any atom is -0.296 e. The number of hydrogen-bond donors (Lipinski definition) is 0. The molecule has 0 saturated carbocycles.